The van der Waals surface area contributed by atoms with Gasteiger partial charge in [0, 0.05) is 36.3 Å². The smallest absolute Gasteiger partial charge is 0.227 e. The molecule has 8 heteroatoms. The summed E-state index contributed by atoms with van der Waals surface area (Å²) in [5.74, 6) is -0.231. The number of H-pyrrole nitrogens is 1. The highest BCUT2D eigenvalue weighted by atomic mass is 35.5. The van der Waals surface area contributed by atoms with Crippen LogP contribution in [0, 0.1) is 0 Å². The molecule has 3 rings (SSSR count). The zero-order valence-electron chi connectivity index (χ0n) is 18.1. The second-order valence-corrected chi connectivity index (χ2v) is 14.9. The Hall–Kier alpha value is -1.21. The number of benzene rings is 1. The van der Waals surface area contributed by atoms with Crippen LogP contribution in [0.2, 0.25) is 28.2 Å². The first-order chi connectivity index (χ1) is 13.4. The number of aromatic nitrogens is 1. The molecular formula is C21H31Cl2N3O2Si. The van der Waals surface area contributed by atoms with E-state index in [2.05, 4.69) is 49.5 Å². The Morgan fingerprint density at radius 2 is 2.00 bits per heavy atom. The Morgan fingerprint density at radius 3 is 2.66 bits per heavy atom. The summed E-state index contributed by atoms with van der Waals surface area (Å²) in [5, 5.41) is 8.54. The maximum Gasteiger partial charge on any atom is 0.227 e. The quantitative estimate of drug-likeness (QED) is 0.400. The SMILES string of the molecule is C[C@H]1C(=O)NCCc2[nH]c3c(Cl)c(Cl)cc(NCCO[Si](C)(C)C(C)(C)C)c3c21. The molecule has 0 radical (unpaired) electrons. The third-order valence-corrected chi connectivity index (χ3v) is 11.6. The third kappa shape index (κ3) is 4.31. The Labute approximate surface area is 184 Å². The van der Waals surface area contributed by atoms with Crippen LogP contribution in [0.3, 0.4) is 0 Å². The van der Waals surface area contributed by atoms with Crippen molar-refractivity contribution in [3.05, 3.63) is 27.4 Å². The lowest BCUT2D eigenvalue weighted by Crippen LogP contribution is -2.41. The van der Waals surface area contributed by atoms with Crippen molar-refractivity contribution in [2.75, 3.05) is 25.0 Å². The van der Waals surface area contributed by atoms with E-state index in [1.54, 1.807) is 0 Å². The average Bonchev–Trinajstić information content (AvgIpc) is 2.94. The molecule has 2 aromatic rings. The molecule has 0 unspecified atom stereocenters. The number of halogens is 2. The van der Waals surface area contributed by atoms with E-state index in [1.165, 1.54) is 0 Å². The monoisotopic (exact) mass is 455 g/mol. The van der Waals surface area contributed by atoms with Gasteiger partial charge >= 0.3 is 0 Å². The topological polar surface area (TPSA) is 66.2 Å². The highest BCUT2D eigenvalue weighted by molar-refractivity contribution is 6.74. The van der Waals surface area contributed by atoms with Gasteiger partial charge in [0.25, 0.3) is 0 Å². The van der Waals surface area contributed by atoms with Crippen LogP contribution in [0.4, 0.5) is 5.69 Å². The fourth-order valence-corrected chi connectivity index (χ4v) is 4.96. The fraction of sp³-hybridized carbons (Fsp3) is 0.571. The zero-order valence-corrected chi connectivity index (χ0v) is 20.6. The predicted octanol–water partition coefficient (Wildman–Crippen LogP) is 5.68. The molecule has 1 atom stereocenters. The Kier molecular flexibility index (Phi) is 6.31. The van der Waals surface area contributed by atoms with Crippen molar-refractivity contribution in [1.82, 2.24) is 10.3 Å². The average molecular weight is 456 g/mol. The van der Waals surface area contributed by atoms with Crippen LogP contribution in [0.25, 0.3) is 10.9 Å². The predicted molar refractivity (Wildman–Crippen MR) is 125 cm³/mol. The maximum atomic E-state index is 12.4. The molecule has 1 aromatic heterocycles. The van der Waals surface area contributed by atoms with Gasteiger partial charge in [0.15, 0.2) is 8.32 Å². The van der Waals surface area contributed by atoms with Gasteiger partial charge < -0.3 is 20.0 Å². The van der Waals surface area contributed by atoms with Crippen LogP contribution >= 0.6 is 23.2 Å². The first kappa shape index (κ1) is 22.5. The Morgan fingerprint density at radius 1 is 1.31 bits per heavy atom. The van der Waals surface area contributed by atoms with Gasteiger partial charge in [-0.05, 0) is 36.7 Å². The van der Waals surface area contributed by atoms with Crippen LogP contribution in [-0.4, -0.2) is 38.9 Å². The van der Waals surface area contributed by atoms with Gasteiger partial charge in [0.05, 0.1) is 28.1 Å². The van der Waals surface area contributed by atoms with E-state index in [0.717, 1.165) is 34.3 Å². The molecule has 1 aromatic carbocycles. The zero-order chi connectivity index (χ0) is 21.6. The third-order valence-electron chi connectivity index (χ3n) is 6.28. The van der Waals surface area contributed by atoms with E-state index in [-0.39, 0.29) is 16.9 Å². The lowest BCUT2D eigenvalue weighted by molar-refractivity contribution is -0.121. The Balaban J connectivity index is 1.91. The van der Waals surface area contributed by atoms with Gasteiger partial charge in [0.2, 0.25) is 5.91 Å². The van der Waals surface area contributed by atoms with Gasteiger partial charge in [-0.3, -0.25) is 4.79 Å². The number of amides is 1. The number of aromatic amines is 1. The van der Waals surface area contributed by atoms with Gasteiger partial charge in [-0.15, -0.1) is 0 Å². The molecular weight excluding hydrogens is 425 g/mol. The highest BCUT2D eigenvalue weighted by Gasteiger charge is 2.37. The minimum absolute atomic E-state index is 0.0305. The van der Waals surface area contributed by atoms with Crippen LogP contribution in [-0.2, 0) is 15.6 Å². The molecule has 1 aliphatic heterocycles. The maximum absolute atomic E-state index is 12.4. The van der Waals surface area contributed by atoms with E-state index < -0.39 is 8.32 Å². The number of hydrogen-bond acceptors (Lipinski definition) is 3. The summed E-state index contributed by atoms with van der Waals surface area (Å²) >= 11 is 12.9. The summed E-state index contributed by atoms with van der Waals surface area (Å²) in [5.41, 5.74) is 3.71. The summed E-state index contributed by atoms with van der Waals surface area (Å²) in [7, 11) is -1.80. The Bertz CT molecular complexity index is 934. The minimum atomic E-state index is -1.80. The van der Waals surface area contributed by atoms with Gasteiger partial charge in [0.1, 0.15) is 0 Å². The molecule has 29 heavy (non-hydrogen) atoms. The lowest BCUT2D eigenvalue weighted by atomic mass is 9.96. The van der Waals surface area contributed by atoms with Crippen molar-refractivity contribution in [1.29, 1.82) is 0 Å². The molecule has 1 amide bonds. The molecule has 0 aliphatic carbocycles. The second-order valence-electron chi connectivity index (χ2n) is 9.29. The second kappa shape index (κ2) is 8.14. The molecule has 2 heterocycles. The van der Waals surface area contributed by atoms with Crippen LogP contribution in [0.5, 0.6) is 0 Å². The molecule has 0 saturated heterocycles. The number of anilines is 1. The van der Waals surface area contributed by atoms with E-state index >= 15 is 0 Å². The van der Waals surface area contributed by atoms with Crippen molar-refractivity contribution in [2.24, 2.45) is 0 Å². The molecule has 0 spiro atoms. The number of rotatable bonds is 5. The van der Waals surface area contributed by atoms with Gasteiger partial charge in [-0.25, -0.2) is 0 Å². The summed E-state index contributed by atoms with van der Waals surface area (Å²) < 4.78 is 6.28. The number of fused-ring (bicyclic) bond motifs is 3. The highest BCUT2D eigenvalue weighted by Crippen LogP contribution is 2.42. The number of nitrogens with one attached hydrogen (secondary N) is 3. The number of hydrogen-bond donors (Lipinski definition) is 3. The number of carbonyl (C=O) groups is 1. The summed E-state index contributed by atoms with van der Waals surface area (Å²) in [4.78, 5) is 15.8. The van der Waals surface area contributed by atoms with Crippen molar-refractivity contribution in [3.63, 3.8) is 0 Å². The standard InChI is InChI=1S/C21H31Cl2N3O2Si/c1-12-16-14(7-8-25-20(12)27)26-19-17(16)15(11-13(22)18(19)23)24-9-10-28-29(5,6)21(2,3)4/h11-12,24,26H,7-10H2,1-6H3,(H,25,27)/t12-/m1/s1. The van der Waals surface area contributed by atoms with E-state index in [1.807, 2.05) is 13.0 Å². The van der Waals surface area contributed by atoms with Crippen molar-refractivity contribution >= 4 is 54.0 Å². The molecule has 160 valence electrons. The van der Waals surface area contributed by atoms with E-state index in [9.17, 15) is 4.79 Å². The summed E-state index contributed by atoms with van der Waals surface area (Å²) in [6, 6.07) is 1.85. The summed E-state index contributed by atoms with van der Waals surface area (Å²) in [6.07, 6.45) is 0.738. The van der Waals surface area contributed by atoms with Crippen LogP contribution in [0.1, 0.15) is 44.9 Å². The van der Waals surface area contributed by atoms with Crippen molar-refractivity contribution < 1.29 is 9.22 Å². The molecule has 3 N–H and O–H groups in total. The van der Waals surface area contributed by atoms with E-state index in [4.69, 9.17) is 27.6 Å². The largest absolute Gasteiger partial charge is 0.415 e. The first-order valence-corrected chi connectivity index (χ1v) is 13.8. The molecule has 0 bridgehead atoms. The molecule has 0 saturated carbocycles. The fourth-order valence-electron chi connectivity index (χ4n) is 3.51. The minimum Gasteiger partial charge on any atom is -0.415 e. The van der Waals surface area contributed by atoms with Gasteiger partial charge in [-0.1, -0.05) is 44.0 Å². The van der Waals surface area contributed by atoms with Gasteiger partial charge in [-0.2, -0.15) is 0 Å². The first-order valence-electron chi connectivity index (χ1n) is 10.1. The molecule has 0 fully saturated rings. The van der Waals surface area contributed by atoms with Crippen LogP contribution in [0.15, 0.2) is 6.07 Å². The van der Waals surface area contributed by atoms with Crippen molar-refractivity contribution in [3.8, 4) is 0 Å². The van der Waals surface area contributed by atoms with E-state index in [0.29, 0.717) is 29.7 Å². The normalized spacial score (nSPS) is 17.8. The number of carbonyl (C=O) groups excluding carboxylic acids is 1. The molecule has 5 nitrogen and oxygen atoms in total. The summed E-state index contributed by atoms with van der Waals surface area (Å²) in [6.45, 7) is 15.0. The van der Waals surface area contributed by atoms with Crippen LogP contribution < -0.4 is 10.6 Å². The molecule has 1 aliphatic rings. The lowest BCUT2D eigenvalue weighted by Gasteiger charge is -2.36. The van der Waals surface area contributed by atoms with Crippen molar-refractivity contribution in [2.45, 2.75) is 58.2 Å².